The first-order valence-corrected chi connectivity index (χ1v) is 12.1. The molecule has 0 saturated carbocycles. The summed E-state index contributed by atoms with van der Waals surface area (Å²) in [7, 11) is 0. The van der Waals surface area contributed by atoms with Crippen molar-refractivity contribution in [3.8, 4) is 0 Å². The number of nitrogens with zero attached hydrogens (tertiary/aromatic N) is 3. The average Bonchev–Trinajstić information content (AvgIpc) is 2.80. The zero-order chi connectivity index (χ0) is 24.9. The first kappa shape index (κ1) is 31.6. The van der Waals surface area contributed by atoms with Gasteiger partial charge in [0.15, 0.2) is 0 Å². The molecule has 0 spiro atoms. The number of hydrogen-bond acceptors (Lipinski definition) is 5. The molecule has 0 aromatic carbocycles. The first-order chi connectivity index (χ1) is 15.3. The third-order valence-corrected chi connectivity index (χ3v) is 4.88. The van der Waals surface area contributed by atoms with E-state index in [1.54, 1.807) is 23.2 Å². The van der Waals surface area contributed by atoms with Crippen molar-refractivity contribution in [1.29, 1.82) is 0 Å². The molecule has 0 atom stereocenters. The topological polar surface area (TPSA) is 59.3 Å². The molecule has 0 amide bonds. The van der Waals surface area contributed by atoms with Gasteiger partial charge in [0.05, 0.1) is 10.6 Å². The van der Waals surface area contributed by atoms with Crippen LogP contribution in [0.1, 0.15) is 60.1 Å². The largest absolute Gasteiger partial charge is 0.389 e. The molecule has 1 aromatic rings. The van der Waals surface area contributed by atoms with Gasteiger partial charge in [0.2, 0.25) is 0 Å². The monoisotopic (exact) mass is 458 g/mol. The maximum absolute atomic E-state index is 12.2. The number of rotatable bonds is 10. The van der Waals surface area contributed by atoms with E-state index in [1.165, 1.54) is 18.0 Å². The molecule has 5 nitrogen and oxygen atoms in total. The molecule has 0 aliphatic carbocycles. The fraction of sp³-hybridized carbons (Fsp3) is 0.423. The maximum atomic E-state index is 12.2. The fourth-order valence-electron chi connectivity index (χ4n) is 2.24. The van der Waals surface area contributed by atoms with Crippen LogP contribution in [0, 0.1) is 0 Å². The van der Waals surface area contributed by atoms with E-state index in [4.69, 9.17) is 0 Å². The average molecular weight is 459 g/mol. The van der Waals surface area contributed by atoms with E-state index in [9.17, 15) is 4.79 Å². The predicted molar refractivity (Wildman–Crippen MR) is 146 cm³/mol. The van der Waals surface area contributed by atoms with Crippen LogP contribution in [0.2, 0.25) is 0 Å². The molecular formula is C26H42N4OS. The van der Waals surface area contributed by atoms with E-state index in [2.05, 4.69) is 42.0 Å². The van der Waals surface area contributed by atoms with Gasteiger partial charge in [-0.2, -0.15) is 0 Å². The zero-order valence-electron chi connectivity index (χ0n) is 21.1. The Balaban J connectivity index is 0. The number of nitrogens with one attached hydrogen (secondary N) is 1. The molecule has 1 aromatic heterocycles. The lowest BCUT2D eigenvalue weighted by Gasteiger charge is -2.11. The summed E-state index contributed by atoms with van der Waals surface area (Å²) in [5.74, 6) is 0. The van der Waals surface area contributed by atoms with Crippen LogP contribution in [-0.2, 0) is 6.42 Å². The van der Waals surface area contributed by atoms with Crippen LogP contribution in [-0.4, -0.2) is 28.6 Å². The molecule has 32 heavy (non-hydrogen) atoms. The second kappa shape index (κ2) is 20.3. The van der Waals surface area contributed by atoms with Crippen molar-refractivity contribution < 1.29 is 0 Å². The predicted octanol–water partition coefficient (Wildman–Crippen LogP) is 6.65. The summed E-state index contributed by atoms with van der Waals surface area (Å²) in [5.41, 5.74) is 4.09. The van der Waals surface area contributed by atoms with Crippen LogP contribution >= 0.6 is 11.8 Å². The SMILES string of the molecule is C/C=C(\CC)n1cnc(CC)c(SC)c1=O.C=CC(=C)C.C=CN=C/C=C(\C)NCCC. The molecule has 0 aliphatic heterocycles. The highest BCUT2D eigenvalue weighted by molar-refractivity contribution is 7.98. The number of aryl methyl sites for hydroxylation is 1. The molecule has 0 saturated heterocycles. The van der Waals surface area contributed by atoms with Gasteiger partial charge in [-0.3, -0.25) is 14.4 Å². The van der Waals surface area contributed by atoms with Crippen molar-refractivity contribution in [2.45, 2.75) is 65.7 Å². The standard InChI is InChI=1S/C12H18N2OS.C9H16N2.C5H8/c1-5-9(6-2)14-8-13-10(7-3)11(16-4)12(14)15;1-4-7-11-9(3)6-8-10-5-2;1-4-5(2)3/h5,8H,6-7H2,1-4H3;5-6,8,11H,2,4,7H2,1,3H3;4H,1-2H2,3H3/b9-5+;9-6+,10-8?;. The Morgan fingerprint density at radius 2 is 1.91 bits per heavy atom. The van der Waals surface area contributed by atoms with Crippen molar-refractivity contribution in [2.24, 2.45) is 4.99 Å². The molecule has 178 valence electrons. The van der Waals surface area contributed by atoms with Crippen LogP contribution in [0.5, 0.6) is 0 Å². The molecule has 0 radical (unpaired) electrons. The summed E-state index contributed by atoms with van der Waals surface area (Å²) in [6, 6.07) is 0. The number of aromatic nitrogens is 2. The van der Waals surface area contributed by atoms with E-state index in [0.717, 1.165) is 53.4 Å². The smallest absolute Gasteiger partial charge is 0.271 e. The van der Waals surface area contributed by atoms with E-state index in [-0.39, 0.29) is 5.56 Å². The number of thioether (sulfide) groups is 1. The summed E-state index contributed by atoms with van der Waals surface area (Å²) in [6.45, 7) is 23.6. The van der Waals surface area contributed by atoms with Crippen molar-refractivity contribution in [1.82, 2.24) is 14.9 Å². The minimum absolute atomic E-state index is 0.0503. The maximum Gasteiger partial charge on any atom is 0.271 e. The molecule has 0 bridgehead atoms. The third kappa shape index (κ3) is 13.7. The highest BCUT2D eigenvalue weighted by Crippen LogP contribution is 2.15. The van der Waals surface area contributed by atoms with Gasteiger partial charge < -0.3 is 5.32 Å². The van der Waals surface area contributed by atoms with Crippen LogP contribution in [0.25, 0.3) is 5.70 Å². The van der Waals surface area contributed by atoms with Gasteiger partial charge in [-0.1, -0.05) is 58.2 Å². The van der Waals surface area contributed by atoms with E-state index in [1.807, 2.05) is 53.0 Å². The van der Waals surface area contributed by atoms with Gasteiger partial charge in [0.1, 0.15) is 6.33 Å². The second-order valence-electron chi connectivity index (χ2n) is 6.69. The summed E-state index contributed by atoms with van der Waals surface area (Å²) in [4.78, 5) is 21.2. The Bertz CT molecular complexity index is 848. The van der Waals surface area contributed by atoms with Crippen molar-refractivity contribution in [2.75, 3.05) is 12.8 Å². The van der Waals surface area contributed by atoms with Crippen molar-refractivity contribution >= 4 is 23.7 Å². The Labute approximate surface area is 199 Å². The van der Waals surface area contributed by atoms with Gasteiger partial charge in [0.25, 0.3) is 5.56 Å². The van der Waals surface area contributed by atoms with E-state index >= 15 is 0 Å². The normalized spacial score (nSPS) is 11.1. The first-order valence-electron chi connectivity index (χ1n) is 10.9. The minimum Gasteiger partial charge on any atom is -0.389 e. The Kier molecular flexibility index (Phi) is 20.0. The number of hydrogen-bond donors (Lipinski definition) is 1. The lowest BCUT2D eigenvalue weighted by atomic mass is 10.3. The molecule has 6 heteroatoms. The van der Waals surface area contributed by atoms with Crippen LogP contribution in [0.4, 0.5) is 0 Å². The summed E-state index contributed by atoms with van der Waals surface area (Å²) in [5, 5.41) is 3.23. The van der Waals surface area contributed by atoms with Gasteiger partial charge in [-0.05, 0) is 52.4 Å². The summed E-state index contributed by atoms with van der Waals surface area (Å²) < 4.78 is 1.64. The summed E-state index contributed by atoms with van der Waals surface area (Å²) in [6.07, 6.45) is 15.2. The van der Waals surface area contributed by atoms with E-state index < -0.39 is 0 Å². The number of aliphatic imine (C=N–C) groups is 1. The van der Waals surface area contributed by atoms with Crippen LogP contribution < -0.4 is 10.9 Å². The van der Waals surface area contributed by atoms with Gasteiger partial charge >= 0.3 is 0 Å². The lowest BCUT2D eigenvalue weighted by molar-refractivity contribution is 0.771. The third-order valence-electron chi connectivity index (χ3n) is 4.07. The molecule has 1 heterocycles. The van der Waals surface area contributed by atoms with Gasteiger partial charge in [-0.25, -0.2) is 4.98 Å². The van der Waals surface area contributed by atoms with Crippen molar-refractivity contribution in [3.05, 3.63) is 77.8 Å². The summed E-state index contributed by atoms with van der Waals surface area (Å²) >= 11 is 1.48. The second-order valence-corrected chi connectivity index (χ2v) is 7.51. The van der Waals surface area contributed by atoms with E-state index in [0.29, 0.717) is 0 Å². The Hall–Kier alpha value is -2.60. The van der Waals surface area contributed by atoms with Crippen LogP contribution in [0.15, 0.2) is 76.4 Å². The molecule has 0 unspecified atom stereocenters. The van der Waals surface area contributed by atoms with Crippen molar-refractivity contribution in [3.63, 3.8) is 0 Å². The number of allylic oxidation sites excluding steroid dienone is 6. The fourth-order valence-corrected chi connectivity index (χ4v) is 2.95. The molecule has 1 N–H and O–H groups in total. The van der Waals surface area contributed by atoms with Gasteiger partial charge in [-0.15, -0.1) is 11.8 Å². The quantitative estimate of drug-likeness (QED) is 0.242. The highest BCUT2D eigenvalue weighted by Gasteiger charge is 2.10. The zero-order valence-corrected chi connectivity index (χ0v) is 21.9. The minimum atomic E-state index is 0.0503. The molecule has 1 rings (SSSR count). The Morgan fingerprint density at radius 3 is 2.31 bits per heavy atom. The molecule has 0 fully saturated rings. The highest BCUT2D eigenvalue weighted by atomic mass is 32.2. The van der Waals surface area contributed by atoms with Gasteiger partial charge in [0, 0.05) is 30.4 Å². The Morgan fingerprint density at radius 1 is 1.28 bits per heavy atom. The molecular weight excluding hydrogens is 416 g/mol. The molecule has 0 aliphatic rings. The lowest BCUT2D eigenvalue weighted by Crippen LogP contribution is -2.23. The van der Waals surface area contributed by atoms with Crippen LogP contribution in [0.3, 0.4) is 0 Å².